The number of nitrogens with one attached hydrogen (secondary N) is 1. The Morgan fingerprint density at radius 1 is 1.00 bits per heavy atom. The van der Waals surface area contributed by atoms with Gasteiger partial charge in [-0.3, -0.25) is 0 Å². The van der Waals surface area contributed by atoms with Gasteiger partial charge >= 0.3 is 0 Å². The normalized spacial score (nSPS) is 10.3. The van der Waals surface area contributed by atoms with E-state index >= 15 is 0 Å². The Morgan fingerprint density at radius 2 is 1.72 bits per heavy atom. The molecular formula is C16H19NO. The third-order valence-electron chi connectivity index (χ3n) is 3.07. The van der Waals surface area contributed by atoms with Gasteiger partial charge in [0.1, 0.15) is 5.75 Å². The van der Waals surface area contributed by atoms with Crippen LogP contribution < -0.4 is 5.32 Å². The zero-order valence-electron chi connectivity index (χ0n) is 10.9. The molecule has 0 saturated heterocycles. The van der Waals surface area contributed by atoms with Crippen molar-refractivity contribution in [2.45, 2.75) is 26.7 Å². The molecule has 2 aromatic rings. The summed E-state index contributed by atoms with van der Waals surface area (Å²) in [6.07, 6.45) is 1.89. The Balaban J connectivity index is 2.34. The molecule has 0 heterocycles. The lowest BCUT2D eigenvalue weighted by molar-refractivity contribution is 0.468. The standard InChI is InChI=1S/C16H19NO/c1-3-7-13-15(10-6-11-16(13)18)17-14-9-5-4-8-12(14)2/h4-6,8-11,17-18H,3,7H2,1-2H3. The predicted octanol–water partition coefficient (Wildman–Crippen LogP) is 4.40. The van der Waals surface area contributed by atoms with Crippen LogP contribution in [0, 0.1) is 6.92 Å². The summed E-state index contributed by atoms with van der Waals surface area (Å²) < 4.78 is 0. The average molecular weight is 241 g/mol. The molecule has 2 heteroatoms. The minimum Gasteiger partial charge on any atom is -0.508 e. The van der Waals surface area contributed by atoms with Crippen LogP contribution in [0.5, 0.6) is 5.75 Å². The maximum absolute atomic E-state index is 9.93. The molecule has 0 unspecified atom stereocenters. The van der Waals surface area contributed by atoms with Gasteiger partial charge in [-0.15, -0.1) is 0 Å². The first-order valence-electron chi connectivity index (χ1n) is 6.36. The van der Waals surface area contributed by atoms with E-state index in [9.17, 15) is 5.11 Å². The SMILES string of the molecule is CCCc1c(O)cccc1Nc1ccccc1C. The lowest BCUT2D eigenvalue weighted by Gasteiger charge is -2.14. The summed E-state index contributed by atoms with van der Waals surface area (Å²) in [7, 11) is 0. The van der Waals surface area contributed by atoms with Crippen molar-refractivity contribution in [3.05, 3.63) is 53.6 Å². The van der Waals surface area contributed by atoms with Crippen LogP contribution in [-0.4, -0.2) is 5.11 Å². The van der Waals surface area contributed by atoms with Gasteiger partial charge in [-0.05, 0) is 37.1 Å². The molecule has 0 spiro atoms. The molecule has 0 atom stereocenters. The molecule has 94 valence electrons. The largest absolute Gasteiger partial charge is 0.508 e. The van der Waals surface area contributed by atoms with Crippen LogP contribution >= 0.6 is 0 Å². The van der Waals surface area contributed by atoms with E-state index < -0.39 is 0 Å². The van der Waals surface area contributed by atoms with Gasteiger partial charge in [-0.2, -0.15) is 0 Å². The summed E-state index contributed by atoms with van der Waals surface area (Å²) in [5.41, 5.74) is 4.26. The number of phenols is 1. The molecule has 0 aromatic heterocycles. The zero-order valence-corrected chi connectivity index (χ0v) is 10.9. The summed E-state index contributed by atoms with van der Waals surface area (Å²) in [5.74, 6) is 0.371. The van der Waals surface area contributed by atoms with E-state index in [1.165, 1.54) is 5.56 Å². The fourth-order valence-corrected chi connectivity index (χ4v) is 2.06. The van der Waals surface area contributed by atoms with Gasteiger partial charge < -0.3 is 10.4 Å². The maximum Gasteiger partial charge on any atom is 0.120 e. The summed E-state index contributed by atoms with van der Waals surface area (Å²) in [5, 5.41) is 13.3. The molecule has 0 radical (unpaired) electrons. The summed E-state index contributed by atoms with van der Waals surface area (Å²) in [6, 6.07) is 13.8. The highest BCUT2D eigenvalue weighted by atomic mass is 16.3. The molecule has 0 aliphatic carbocycles. The molecular weight excluding hydrogens is 222 g/mol. The van der Waals surface area contributed by atoms with Crippen LogP contribution in [0.15, 0.2) is 42.5 Å². The molecule has 0 amide bonds. The molecule has 2 N–H and O–H groups in total. The second-order valence-electron chi connectivity index (χ2n) is 4.49. The number of aryl methyl sites for hydroxylation is 1. The van der Waals surface area contributed by atoms with E-state index in [1.807, 2.05) is 24.3 Å². The highest BCUT2D eigenvalue weighted by Gasteiger charge is 2.07. The minimum atomic E-state index is 0.371. The molecule has 0 aliphatic heterocycles. The number of hydrogen-bond donors (Lipinski definition) is 2. The van der Waals surface area contributed by atoms with Gasteiger partial charge in [0.25, 0.3) is 0 Å². The molecule has 2 rings (SSSR count). The third kappa shape index (κ3) is 2.65. The number of phenolic OH excluding ortho intramolecular Hbond substituents is 1. The van der Waals surface area contributed by atoms with Gasteiger partial charge in [0, 0.05) is 16.9 Å². The van der Waals surface area contributed by atoms with Gasteiger partial charge in [0.2, 0.25) is 0 Å². The average Bonchev–Trinajstić information content (AvgIpc) is 2.36. The van der Waals surface area contributed by atoms with Crippen LogP contribution in [0.25, 0.3) is 0 Å². The van der Waals surface area contributed by atoms with Crippen molar-refractivity contribution in [3.63, 3.8) is 0 Å². The first-order chi connectivity index (χ1) is 8.72. The van der Waals surface area contributed by atoms with Crippen LogP contribution in [-0.2, 0) is 6.42 Å². The van der Waals surface area contributed by atoms with Crippen LogP contribution in [0.2, 0.25) is 0 Å². The molecule has 0 fully saturated rings. The van der Waals surface area contributed by atoms with E-state index in [2.05, 4.69) is 31.3 Å². The van der Waals surface area contributed by atoms with Crippen molar-refractivity contribution < 1.29 is 5.11 Å². The quantitative estimate of drug-likeness (QED) is 0.831. The predicted molar refractivity (Wildman–Crippen MR) is 76.6 cm³/mol. The van der Waals surface area contributed by atoms with Crippen molar-refractivity contribution in [2.24, 2.45) is 0 Å². The highest BCUT2D eigenvalue weighted by Crippen LogP contribution is 2.30. The van der Waals surface area contributed by atoms with Gasteiger partial charge in [-0.25, -0.2) is 0 Å². The first-order valence-corrected chi connectivity index (χ1v) is 6.36. The van der Waals surface area contributed by atoms with Crippen LogP contribution in [0.3, 0.4) is 0 Å². The maximum atomic E-state index is 9.93. The Labute approximate surface area is 108 Å². The molecule has 2 nitrogen and oxygen atoms in total. The number of para-hydroxylation sites is 1. The lowest BCUT2D eigenvalue weighted by atomic mass is 10.1. The van der Waals surface area contributed by atoms with Gasteiger partial charge in [0.15, 0.2) is 0 Å². The number of aromatic hydroxyl groups is 1. The monoisotopic (exact) mass is 241 g/mol. The first kappa shape index (κ1) is 12.5. The fraction of sp³-hybridized carbons (Fsp3) is 0.250. The summed E-state index contributed by atoms with van der Waals surface area (Å²) in [4.78, 5) is 0. The molecule has 2 aromatic carbocycles. The van der Waals surface area contributed by atoms with Crippen molar-refractivity contribution in [1.29, 1.82) is 0 Å². The molecule has 0 saturated carbocycles. The second-order valence-corrected chi connectivity index (χ2v) is 4.49. The van der Waals surface area contributed by atoms with Gasteiger partial charge in [0.05, 0.1) is 0 Å². The number of rotatable bonds is 4. The van der Waals surface area contributed by atoms with Crippen molar-refractivity contribution in [2.75, 3.05) is 5.32 Å². The van der Waals surface area contributed by atoms with Crippen LogP contribution in [0.1, 0.15) is 24.5 Å². The summed E-state index contributed by atoms with van der Waals surface area (Å²) >= 11 is 0. The summed E-state index contributed by atoms with van der Waals surface area (Å²) in [6.45, 7) is 4.19. The Bertz CT molecular complexity index is 534. The van der Waals surface area contributed by atoms with E-state index in [4.69, 9.17) is 0 Å². The van der Waals surface area contributed by atoms with Crippen molar-refractivity contribution in [1.82, 2.24) is 0 Å². The van der Waals surface area contributed by atoms with E-state index in [0.29, 0.717) is 5.75 Å². The fourth-order valence-electron chi connectivity index (χ4n) is 2.06. The number of hydrogen-bond acceptors (Lipinski definition) is 2. The minimum absolute atomic E-state index is 0.371. The van der Waals surface area contributed by atoms with E-state index in [-0.39, 0.29) is 0 Å². The number of benzene rings is 2. The number of anilines is 2. The Morgan fingerprint density at radius 3 is 2.44 bits per heavy atom. The second kappa shape index (κ2) is 5.58. The Kier molecular flexibility index (Phi) is 3.88. The third-order valence-corrected chi connectivity index (χ3v) is 3.07. The highest BCUT2D eigenvalue weighted by molar-refractivity contribution is 5.68. The lowest BCUT2D eigenvalue weighted by Crippen LogP contribution is -1.98. The molecule has 0 aliphatic rings. The van der Waals surface area contributed by atoms with E-state index in [0.717, 1.165) is 29.8 Å². The van der Waals surface area contributed by atoms with Crippen molar-refractivity contribution in [3.8, 4) is 5.75 Å². The Hall–Kier alpha value is -1.96. The molecule has 18 heavy (non-hydrogen) atoms. The van der Waals surface area contributed by atoms with Crippen LogP contribution in [0.4, 0.5) is 11.4 Å². The van der Waals surface area contributed by atoms with Crippen molar-refractivity contribution >= 4 is 11.4 Å². The zero-order chi connectivity index (χ0) is 13.0. The van der Waals surface area contributed by atoms with Gasteiger partial charge in [-0.1, -0.05) is 37.6 Å². The smallest absolute Gasteiger partial charge is 0.120 e. The van der Waals surface area contributed by atoms with E-state index in [1.54, 1.807) is 6.07 Å². The topological polar surface area (TPSA) is 32.3 Å². The molecule has 0 bridgehead atoms.